The van der Waals surface area contributed by atoms with Gasteiger partial charge in [-0.3, -0.25) is 0 Å². The summed E-state index contributed by atoms with van der Waals surface area (Å²) >= 11 is 0. The van der Waals surface area contributed by atoms with E-state index in [0.717, 1.165) is 5.75 Å². The third-order valence-electron chi connectivity index (χ3n) is 3.69. The molecule has 2 aromatic rings. The van der Waals surface area contributed by atoms with Crippen LogP contribution in [-0.4, -0.2) is 13.7 Å². The molecule has 0 aliphatic heterocycles. The quantitative estimate of drug-likeness (QED) is 0.850. The normalized spacial score (nSPS) is 13.8. The topological polar surface area (TPSA) is 21.3 Å². The number of likely N-dealkylation sites (N-methyl/N-ethyl adjacent to an activating group) is 1. The molecule has 0 aliphatic carbocycles. The van der Waals surface area contributed by atoms with Gasteiger partial charge in [0.1, 0.15) is 5.75 Å². The maximum atomic E-state index is 5.50. The molecule has 0 bridgehead atoms. The highest BCUT2D eigenvalue weighted by atomic mass is 16.5. The monoisotopic (exact) mass is 269 g/mol. The molecule has 2 heteroatoms. The molecule has 0 saturated carbocycles. The van der Waals surface area contributed by atoms with Crippen molar-refractivity contribution in [1.29, 1.82) is 0 Å². The smallest absolute Gasteiger partial charge is 0.119 e. The lowest BCUT2D eigenvalue weighted by molar-refractivity contribution is 0.340. The molecule has 0 aromatic heterocycles. The van der Waals surface area contributed by atoms with E-state index in [2.05, 4.69) is 54.7 Å². The van der Waals surface area contributed by atoms with Gasteiger partial charge in [0.15, 0.2) is 0 Å². The van der Waals surface area contributed by atoms with Gasteiger partial charge < -0.3 is 10.1 Å². The molecule has 20 heavy (non-hydrogen) atoms. The predicted octanol–water partition coefficient (Wildman–Crippen LogP) is 4.15. The van der Waals surface area contributed by atoms with Crippen molar-refractivity contribution in [3.05, 3.63) is 65.7 Å². The number of hydrogen-bond donors (Lipinski definition) is 1. The summed E-state index contributed by atoms with van der Waals surface area (Å²) < 4.78 is 5.50. The van der Waals surface area contributed by atoms with E-state index >= 15 is 0 Å². The Hall–Kier alpha value is -1.80. The fourth-order valence-electron chi connectivity index (χ4n) is 2.59. The van der Waals surface area contributed by atoms with Crippen molar-refractivity contribution in [1.82, 2.24) is 5.32 Å². The molecule has 2 aromatic carbocycles. The van der Waals surface area contributed by atoms with Gasteiger partial charge in [-0.15, -0.1) is 0 Å². The average molecular weight is 269 g/mol. The van der Waals surface area contributed by atoms with Crippen molar-refractivity contribution < 1.29 is 4.74 Å². The van der Waals surface area contributed by atoms with Crippen LogP contribution in [0.3, 0.4) is 0 Å². The van der Waals surface area contributed by atoms with Gasteiger partial charge in [0.2, 0.25) is 0 Å². The van der Waals surface area contributed by atoms with Crippen LogP contribution in [0.15, 0.2) is 54.6 Å². The molecule has 2 nitrogen and oxygen atoms in total. The van der Waals surface area contributed by atoms with Crippen molar-refractivity contribution in [2.75, 3.05) is 13.7 Å². The number of nitrogens with one attached hydrogen (secondary N) is 1. The largest absolute Gasteiger partial charge is 0.494 e. The highest BCUT2D eigenvalue weighted by molar-refractivity contribution is 5.32. The molecule has 0 radical (unpaired) electrons. The molecule has 106 valence electrons. The van der Waals surface area contributed by atoms with Crippen molar-refractivity contribution >= 4 is 0 Å². The van der Waals surface area contributed by atoms with E-state index in [0.29, 0.717) is 18.6 Å². The van der Waals surface area contributed by atoms with Gasteiger partial charge in [-0.25, -0.2) is 0 Å². The zero-order valence-corrected chi connectivity index (χ0v) is 12.5. The second-order valence-electron chi connectivity index (χ2n) is 4.97. The lowest BCUT2D eigenvalue weighted by Gasteiger charge is -2.24. The standard InChI is InChI=1S/C18H23NO/c1-4-20-17-12-10-16(11-13-17)18(19-3)14(2)15-8-6-5-7-9-15/h5-14,18-19H,4H2,1-3H3. The van der Waals surface area contributed by atoms with Crippen LogP contribution in [0.1, 0.15) is 36.9 Å². The summed E-state index contributed by atoms with van der Waals surface area (Å²) in [7, 11) is 2.01. The summed E-state index contributed by atoms with van der Waals surface area (Å²) in [5, 5.41) is 3.43. The lowest BCUT2D eigenvalue weighted by Crippen LogP contribution is -2.22. The fourth-order valence-corrected chi connectivity index (χ4v) is 2.59. The minimum Gasteiger partial charge on any atom is -0.494 e. The summed E-state index contributed by atoms with van der Waals surface area (Å²) in [6.45, 7) is 4.96. The van der Waals surface area contributed by atoms with Gasteiger partial charge in [-0.1, -0.05) is 49.4 Å². The number of rotatable bonds is 6. The first-order valence-corrected chi connectivity index (χ1v) is 7.21. The van der Waals surface area contributed by atoms with Gasteiger partial charge >= 0.3 is 0 Å². The zero-order valence-electron chi connectivity index (χ0n) is 12.5. The van der Waals surface area contributed by atoms with E-state index < -0.39 is 0 Å². The Labute approximate surface area is 121 Å². The maximum absolute atomic E-state index is 5.50. The Morgan fingerprint density at radius 1 is 0.950 bits per heavy atom. The summed E-state index contributed by atoms with van der Waals surface area (Å²) in [6, 6.07) is 19.3. The second kappa shape index (κ2) is 7.11. The predicted molar refractivity (Wildman–Crippen MR) is 84.3 cm³/mol. The van der Waals surface area contributed by atoms with Crippen molar-refractivity contribution in [2.45, 2.75) is 25.8 Å². The summed E-state index contributed by atoms with van der Waals surface area (Å²) in [4.78, 5) is 0. The van der Waals surface area contributed by atoms with Crippen LogP contribution in [-0.2, 0) is 0 Å². The van der Waals surface area contributed by atoms with Crippen LogP contribution in [0, 0.1) is 0 Å². The van der Waals surface area contributed by atoms with Gasteiger partial charge in [0, 0.05) is 12.0 Å². The first kappa shape index (κ1) is 14.6. The number of benzene rings is 2. The second-order valence-corrected chi connectivity index (χ2v) is 4.97. The Morgan fingerprint density at radius 2 is 1.60 bits per heavy atom. The molecular formula is C18H23NO. The van der Waals surface area contributed by atoms with Gasteiger partial charge in [-0.05, 0) is 37.2 Å². The Bertz CT molecular complexity index is 507. The van der Waals surface area contributed by atoms with Gasteiger partial charge in [-0.2, -0.15) is 0 Å². The third kappa shape index (κ3) is 3.40. The minimum atomic E-state index is 0.299. The molecular weight excluding hydrogens is 246 g/mol. The Kier molecular flexibility index (Phi) is 5.19. The highest BCUT2D eigenvalue weighted by Gasteiger charge is 2.18. The Morgan fingerprint density at radius 3 is 2.15 bits per heavy atom. The zero-order chi connectivity index (χ0) is 14.4. The minimum absolute atomic E-state index is 0.299. The van der Waals surface area contributed by atoms with Crippen molar-refractivity contribution in [2.24, 2.45) is 0 Å². The molecule has 2 unspecified atom stereocenters. The molecule has 0 fully saturated rings. The maximum Gasteiger partial charge on any atom is 0.119 e. The lowest BCUT2D eigenvalue weighted by atomic mass is 9.88. The van der Waals surface area contributed by atoms with E-state index in [4.69, 9.17) is 4.74 Å². The summed E-state index contributed by atoms with van der Waals surface area (Å²) in [6.07, 6.45) is 0. The van der Waals surface area contributed by atoms with Crippen LogP contribution in [0.2, 0.25) is 0 Å². The molecule has 2 rings (SSSR count). The van der Waals surface area contributed by atoms with Crippen molar-refractivity contribution in [3.8, 4) is 5.75 Å². The average Bonchev–Trinajstić information content (AvgIpc) is 2.51. The van der Waals surface area contributed by atoms with E-state index in [1.54, 1.807) is 0 Å². The van der Waals surface area contributed by atoms with Gasteiger partial charge in [0.05, 0.1) is 6.61 Å². The van der Waals surface area contributed by atoms with Gasteiger partial charge in [0.25, 0.3) is 0 Å². The molecule has 0 heterocycles. The van der Waals surface area contributed by atoms with E-state index in [1.807, 2.05) is 26.1 Å². The van der Waals surface area contributed by atoms with Crippen LogP contribution < -0.4 is 10.1 Å². The molecule has 1 N–H and O–H groups in total. The van der Waals surface area contributed by atoms with Crippen LogP contribution in [0.5, 0.6) is 5.75 Å². The highest BCUT2D eigenvalue weighted by Crippen LogP contribution is 2.31. The van der Waals surface area contributed by atoms with E-state index in [9.17, 15) is 0 Å². The van der Waals surface area contributed by atoms with E-state index in [1.165, 1.54) is 11.1 Å². The number of hydrogen-bond acceptors (Lipinski definition) is 2. The molecule has 2 atom stereocenters. The molecule has 0 saturated heterocycles. The van der Waals surface area contributed by atoms with E-state index in [-0.39, 0.29) is 0 Å². The van der Waals surface area contributed by atoms with Crippen LogP contribution in [0.25, 0.3) is 0 Å². The summed E-state index contributed by atoms with van der Waals surface area (Å²) in [5.74, 6) is 1.35. The molecule has 0 amide bonds. The first-order valence-electron chi connectivity index (χ1n) is 7.21. The SMILES string of the molecule is CCOc1ccc(C(NC)C(C)c2ccccc2)cc1. The first-order chi connectivity index (χ1) is 9.76. The number of ether oxygens (including phenoxy) is 1. The molecule has 0 aliphatic rings. The van der Waals surface area contributed by atoms with Crippen molar-refractivity contribution in [3.63, 3.8) is 0 Å². The molecule has 0 spiro atoms. The Balaban J connectivity index is 2.19. The third-order valence-corrected chi connectivity index (χ3v) is 3.69. The summed E-state index contributed by atoms with van der Waals surface area (Å²) in [5.41, 5.74) is 2.63. The van der Waals surface area contributed by atoms with Crippen LogP contribution >= 0.6 is 0 Å². The van der Waals surface area contributed by atoms with Crippen LogP contribution in [0.4, 0.5) is 0 Å². The fraction of sp³-hybridized carbons (Fsp3) is 0.333.